The van der Waals surface area contributed by atoms with Crippen molar-refractivity contribution >= 4 is 17.6 Å². The maximum absolute atomic E-state index is 9.97. The largest absolute Gasteiger partial charge is 0.383 e. The fourth-order valence-electron chi connectivity index (χ4n) is 3.83. The quantitative estimate of drug-likeness (QED) is 0.536. The maximum atomic E-state index is 9.97. The number of anilines is 1. The second-order valence-corrected chi connectivity index (χ2v) is 9.31. The van der Waals surface area contributed by atoms with Crippen molar-refractivity contribution in [3.63, 3.8) is 0 Å². The predicted octanol–water partition coefficient (Wildman–Crippen LogP) is 5.31. The van der Waals surface area contributed by atoms with E-state index in [9.17, 15) is 10.5 Å². The van der Waals surface area contributed by atoms with Crippen molar-refractivity contribution in [3.8, 4) is 23.3 Å². The van der Waals surface area contributed by atoms with Gasteiger partial charge in [-0.25, -0.2) is 4.98 Å². The lowest BCUT2D eigenvalue weighted by Crippen LogP contribution is -2.21. The summed E-state index contributed by atoms with van der Waals surface area (Å²) in [5.74, 6) is -0.401. The molecule has 4 rings (SSSR count). The summed E-state index contributed by atoms with van der Waals surface area (Å²) in [5.41, 5.74) is 9.13. The summed E-state index contributed by atoms with van der Waals surface area (Å²) in [6.07, 6.45) is 1.77. The summed E-state index contributed by atoms with van der Waals surface area (Å²) in [7, 11) is 0. The van der Waals surface area contributed by atoms with Gasteiger partial charge in [0.2, 0.25) is 0 Å². The number of nitrogens with two attached hydrogens (primary N) is 1. The van der Waals surface area contributed by atoms with Crippen LogP contribution in [-0.4, -0.2) is 23.5 Å². The number of hydrogen-bond donors (Lipinski definition) is 1. The van der Waals surface area contributed by atoms with E-state index in [0.29, 0.717) is 22.8 Å². The van der Waals surface area contributed by atoms with Crippen LogP contribution in [0.3, 0.4) is 0 Å². The summed E-state index contributed by atoms with van der Waals surface area (Å²) < 4.78 is 11.5. The first-order valence-electron chi connectivity index (χ1n) is 10.7. The molecular weight excluding hydrogens is 432 g/mol. The molecule has 1 aliphatic heterocycles. The Morgan fingerprint density at radius 3 is 2.36 bits per heavy atom. The number of aryl methyl sites for hydroxylation is 1. The number of nitrogens with zero attached hydrogens (tertiary/aromatic N) is 3. The van der Waals surface area contributed by atoms with Crippen LogP contribution in [0, 0.1) is 22.7 Å². The highest BCUT2D eigenvalue weighted by Crippen LogP contribution is 2.38. The molecule has 166 valence electrons. The SMILES string of the molecule is CC1(C)OCC(CCc2ccc(-c3c(C#N)c(N)nc(Sc4ccccc4)c3C#N)cc2)O1. The zero-order chi connectivity index (χ0) is 23.4. The third-order valence-electron chi connectivity index (χ3n) is 5.44. The van der Waals surface area contributed by atoms with E-state index in [1.807, 2.05) is 68.4 Å². The van der Waals surface area contributed by atoms with E-state index in [4.69, 9.17) is 15.2 Å². The Balaban J connectivity index is 1.62. The highest BCUT2D eigenvalue weighted by Gasteiger charge is 2.32. The van der Waals surface area contributed by atoms with Gasteiger partial charge in [-0.2, -0.15) is 10.5 Å². The molecule has 0 saturated carbocycles. The molecule has 1 saturated heterocycles. The molecule has 2 aromatic carbocycles. The van der Waals surface area contributed by atoms with Gasteiger partial charge in [0.25, 0.3) is 0 Å². The van der Waals surface area contributed by atoms with Gasteiger partial charge in [-0.3, -0.25) is 0 Å². The molecule has 2 heterocycles. The summed E-state index contributed by atoms with van der Waals surface area (Å²) in [6.45, 7) is 4.44. The number of hydrogen-bond acceptors (Lipinski definition) is 7. The monoisotopic (exact) mass is 456 g/mol. The second-order valence-electron chi connectivity index (χ2n) is 8.25. The maximum Gasteiger partial charge on any atom is 0.163 e. The average molecular weight is 457 g/mol. The normalized spacial score (nSPS) is 16.8. The van der Waals surface area contributed by atoms with Crippen LogP contribution in [0.4, 0.5) is 5.82 Å². The van der Waals surface area contributed by atoms with Crippen LogP contribution >= 0.6 is 11.8 Å². The summed E-state index contributed by atoms with van der Waals surface area (Å²) >= 11 is 1.36. The van der Waals surface area contributed by atoms with E-state index in [1.165, 1.54) is 11.8 Å². The van der Waals surface area contributed by atoms with Gasteiger partial charge in [0.05, 0.1) is 18.3 Å². The number of rotatable bonds is 6. The highest BCUT2D eigenvalue weighted by molar-refractivity contribution is 7.99. The fraction of sp³-hybridized carbons (Fsp3) is 0.269. The van der Waals surface area contributed by atoms with E-state index in [0.717, 1.165) is 28.9 Å². The van der Waals surface area contributed by atoms with Crippen LogP contribution in [0.5, 0.6) is 0 Å². The van der Waals surface area contributed by atoms with Crippen molar-refractivity contribution in [3.05, 3.63) is 71.3 Å². The predicted molar refractivity (Wildman–Crippen MR) is 127 cm³/mol. The minimum atomic E-state index is -0.521. The molecule has 0 radical (unpaired) electrons. The second kappa shape index (κ2) is 9.64. The van der Waals surface area contributed by atoms with Gasteiger partial charge in [0, 0.05) is 10.5 Å². The first-order chi connectivity index (χ1) is 15.9. The molecule has 1 aliphatic rings. The number of aromatic nitrogens is 1. The van der Waals surface area contributed by atoms with Crippen molar-refractivity contribution in [2.24, 2.45) is 0 Å². The lowest BCUT2D eigenvalue weighted by atomic mass is 9.95. The molecule has 1 unspecified atom stereocenters. The van der Waals surface area contributed by atoms with Crippen molar-refractivity contribution in [1.82, 2.24) is 4.98 Å². The van der Waals surface area contributed by atoms with Gasteiger partial charge in [-0.1, -0.05) is 54.2 Å². The number of ether oxygens (including phenoxy) is 2. The Morgan fingerprint density at radius 1 is 1.06 bits per heavy atom. The Bertz CT molecular complexity index is 1230. The lowest BCUT2D eigenvalue weighted by Gasteiger charge is -2.17. The first kappa shape index (κ1) is 22.8. The van der Waals surface area contributed by atoms with Crippen LogP contribution in [0.1, 0.15) is 37.0 Å². The van der Waals surface area contributed by atoms with Crippen molar-refractivity contribution < 1.29 is 9.47 Å². The Labute approximate surface area is 198 Å². The number of nitriles is 2. The van der Waals surface area contributed by atoms with E-state index >= 15 is 0 Å². The molecule has 0 spiro atoms. The van der Waals surface area contributed by atoms with E-state index in [1.54, 1.807) is 0 Å². The van der Waals surface area contributed by atoms with E-state index < -0.39 is 5.79 Å². The van der Waals surface area contributed by atoms with Crippen molar-refractivity contribution in [2.75, 3.05) is 12.3 Å². The van der Waals surface area contributed by atoms with Crippen LogP contribution in [-0.2, 0) is 15.9 Å². The molecule has 0 aliphatic carbocycles. The number of nitrogen functional groups attached to an aromatic ring is 1. The molecule has 0 amide bonds. The summed E-state index contributed by atoms with van der Waals surface area (Å²) in [6, 6.07) is 21.9. The Kier molecular flexibility index (Phi) is 6.67. The molecule has 0 bridgehead atoms. The topological polar surface area (TPSA) is 105 Å². The van der Waals surface area contributed by atoms with Crippen molar-refractivity contribution in [1.29, 1.82) is 10.5 Å². The van der Waals surface area contributed by atoms with E-state index in [2.05, 4.69) is 17.1 Å². The molecule has 1 atom stereocenters. The van der Waals surface area contributed by atoms with Crippen LogP contribution < -0.4 is 5.73 Å². The van der Waals surface area contributed by atoms with Crippen molar-refractivity contribution in [2.45, 2.75) is 48.5 Å². The van der Waals surface area contributed by atoms with Gasteiger partial charge in [-0.05, 0) is 49.9 Å². The molecule has 6 nitrogen and oxygen atoms in total. The summed E-state index contributed by atoms with van der Waals surface area (Å²) in [4.78, 5) is 5.31. The molecule has 33 heavy (non-hydrogen) atoms. The van der Waals surface area contributed by atoms with Gasteiger partial charge < -0.3 is 15.2 Å². The highest BCUT2D eigenvalue weighted by atomic mass is 32.2. The average Bonchev–Trinajstić information content (AvgIpc) is 3.17. The zero-order valence-electron chi connectivity index (χ0n) is 18.5. The molecule has 1 fully saturated rings. The minimum absolute atomic E-state index is 0.0765. The molecule has 7 heteroatoms. The smallest absolute Gasteiger partial charge is 0.163 e. The minimum Gasteiger partial charge on any atom is -0.383 e. The lowest BCUT2D eigenvalue weighted by molar-refractivity contribution is -0.138. The Morgan fingerprint density at radius 2 is 1.76 bits per heavy atom. The third kappa shape index (κ3) is 5.18. The standard InChI is InChI=1S/C26H24N4O2S/c1-26(2)31-16-19(32-26)13-10-17-8-11-18(12-9-17)23-21(14-27)24(29)30-25(22(23)15-28)33-20-6-4-3-5-7-20/h3-9,11-12,19H,10,13,16H2,1-2H3,(H2,29,30). The van der Waals surface area contributed by atoms with Gasteiger partial charge in [0.15, 0.2) is 5.79 Å². The van der Waals surface area contributed by atoms with Gasteiger partial charge in [-0.15, -0.1) is 0 Å². The molecule has 3 aromatic rings. The molecule has 2 N–H and O–H groups in total. The number of benzene rings is 2. The van der Waals surface area contributed by atoms with Crippen LogP contribution in [0.25, 0.3) is 11.1 Å². The first-order valence-corrected chi connectivity index (χ1v) is 11.5. The zero-order valence-corrected chi connectivity index (χ0v) is 19.4. The molecular formula is C26H24N4O2S. The van der Waals surface area contributed by atoms with Crippen LogP contribution in [0.2, 0.25) is 0 Å². The van der Waals surface area contributed by atoms with Gasteiger partial charge >= 0.3 is 0 Å². The molecule has 1 aromatic heterocycles. The Hall–Kier alpha value is -3.36. The van der Waals surface area contributed by atoms with Crippen LogP contribution in [0.15, 0.2) is 64.5 Å². The third-order valence-corrected chi connectivity index (χ3v) is 6.43. The fourth-order valence-corrected chi connectivity index (χ4v) is 4.74. The van der Waals surface area contributed by atoms with Gasteiger partial charge in [0.1, 0.15) is 28.5 Å². The summed E-state index contributed by atoms with van der Waals surface area (Å²) in [5, 5.41) is 20.2. The number of pyridine rings is 1. The van der Waals surface area contributed by atoms with E-state index in [-0.39, 0.29) is 17.5 Å².